The Morgan fingerprint density at radius 1 is 1.28 bits per heavy atom. The van der Waals surface area contributed by atoms with Crippen LogP contribution in [-0.2, 0) is 9.53 Å². The average molecular weight is 347 g/mol. The van der Waals surface area contributed by atoms with Gasteiger partial charge in [0.2, 0.25) is 0 Å². The quantitative estimate of drug-likeness (QED) is 0.860. The monoisotopic (exact) mass is 347 g/mol. The Morgan fingerprint density at radius 2 is 1.92 bits per heavy atom. The molecular formula is C19H29N3O3. The molecule has 0 radical (unpaired) electrons. The third-order valence-corrected chi connectivity index (χ3v) is 4.53. The fraction of sp³-hybridized carbons (Fsp3) is 0.579. The van der Waals surface area contributed by atoms with Crippen LogP contribution in [0.4, 0.5) is 10.5 Å². The van der Waals surface area contributed by atoms with Crippen LogP contribution in [0, 0.1) is 0 Å². The van der Waals surface area contributed by atoms with Gasteiger partial charge in [-0.1, -0.05) is 26.0 Å². The van der Waals surface area contributed by atoms with Gasteiger partial charge in [-0.15, -0.1) is 0 Å². The Balaban J connectivity index is 1.96. The topological polar surface area (TPSA) is 61.9 Å². The van der Waals surface area contributed by atoms with Crippen LogP contribution in [0.25, 0.3) is 0 Å². The molecule has 2 rings (SSSR count). The van der Waals surface area contributed by atoms with Crippen molar-refractivity contribution in [3.8, 4) is 0 Å². The number of anilines is 1. The van der Waals surface area contributed by atoms with Crippen LogP contribution in [0.15, 0.2) is 24.3 Å². The lowest BCUT2D eigenvalue weighted by Crippen LogP contribution is -2.52. The Bertz CT molecular complexity index is 582. The molecule has 1 aliphatic rings. The molecular weight excluding hydrogens is 318 g/mol. The molecule has 0 saturated carbocycles. The third-order valence-electron chi connectivity index (χ3n) is 4.53. The summed E-state index contributed by atoms with van der Waals surface area (Å²) in [4.78, 5) is 27.7. The number of hydrogen-bond acceptors (Lipinski definition) is 3. The highest BCUT2D eigenvalue weighted by molar-refractivity contribution is 5.95. The van der Waals surface area contributed by atoms with Crippen LogP contribution < -0.4 is 10.2 Å². The first-order chi connectivity index (χ1) is 12.0. The van der Waals surface area contributed by atoms with Gasteiger partial charge in [-0.25, -0.2) is 4.79 Å². The molecule has 1 aromatic carbocycles. The van der Waals surface area contributed by atoms with E-state index in [1.54, 1.807) is 9.80 Å². The van der Waals surface area contributed by atoms with Crippen molar-refractivity contribution in [2.45, 2.75) is 39.7 Å². The zero-order valence-corrected chi connectivity index (χ0v) is 15.6. The van der Waals surface area contributed by atoms with Crippen LogP contribution in [0.3, 0.4) is 0 Å². The molecule has 1 unspecified atom stereocenters. The van der Waals surface area contributed by atoms with Crippen molar-refractivity contribution in [1.82, 2.24) is 10.2 Å². The Hall–Kier alpha value is -2.08. The van der Waals surface area contributed by atoms with E-state index in [1.165, 1.54) is 5.56 Å². The number of nitrogens with zero attached hydrogens (tertiary/aromatic N) is 2. The molecule has 6 nitrogen and oxygen atoms in total. The summed E-state index contributed by atoms with van der Waals surface area (Å²) in [6.45, 7) is 10.4. The Labute approximate surface area is 150 Å². The van der Waals surface area contributed by atoms with Gasteiger partial charge in [0.1, 0.15) is 6.61 Å². The van der Waals surface area contributed by atoms with Crippen LogP contribution >= 0.6 is 0 Å². The first-order valence-corrected chi connectivity index (χ1v) is 9.00. The highest BCUT2D eigenvalue weighted by Gasteiger charge is 2.28. The van der Waals surface area contributed by atoms with Gasteiger partial charge in [0.05, 0.1) is 12.6 Å². The molecule has 1 aliphatic heterocycles. The van der Waals surface area contributed by atoms with E-state index >= 15 is 0 Å². The number of urea groups is 1. The minimum Gasteiger partial charge on any atom is -0.365 e. The van der Waals surface area contributed by atoms with Crippen LogP contribution in [0.2, 0.25) is 0 Å². The van der Waals surface area contributed by atoms with E-state index in [9.17, 15) is 9.59 Å². The summed E-state index contributed by atoms with van der Waals surface area (Å²) in [5.74, 6) is 0.404. The second-order valence-corrected chi connectivity index (χ2v) is 6.54. The van der Waals surface area contributed by atoms with E-state index in [2.05, 4.69) is 31.3 Å². The summed E-state index contributed by atoms with van der Waals surface area (Å²) in [6.07, 6.45) is -0.206. The van der Waals surface area contributed by atoms with Gasteiger partial charge in [-0.05, 0) is 37.5 Å². The normalized spacial score (nSPS) is 17.7. The smallest absolute Gasteiger partial charge is 0.317 e. The second-order valence-electron chi connectivity index (χ2n) is 6.54. The van der Waals surface area contributed by atoms with E-state index in [-0.39, 0.29) is 24.6 Å². The molecule has 0 aromatic heterocycles. The molecule has 1 atom stereocenters. The molecule has 1 saturated heterocycles. The molecule has 1 heterocycles. The zero-order chi connectivity index (χ0) is 18.4. The van der Waals surface area contributed by atoms with E-state index in [1.807, 2.05) is 26.0 Å². The van der Waals surface area contributed by atoms with Crippen LogP contribution in [0.1, 0.15) is 39.2 Å². The molecule has 138 valence electrons. The maximum Gasteiger partial charge on any atom is 0.317 e. The molecule has 25 heavy (non-hydrogen) atoms. The molecule has 0 aliphatic carbocycles. The summed E-state index contributed by atoms with van der Waals surface area (Å²) in [6, 6.07) is 7.96. The minimum atomic E-state index is -0.206. The van der Waals surface area contributed by atoms with Crippen molar-refractivity contribution in [2.75, 3.05) is 37.7 Å². The number of amides is 3. The maximum absolute atomic E-state index is 12.2. The van der Waals surface area contributed by atoms with E-state index < -0.39 is 0 Å². The van der Waals surface area contributed by atoms with Crippen molar-refractivity contribution in [1.29, 1.82) is 0 Å². The van der Waals surface area contributed by atoms with Gasteiger partial charge in [0.25, 0.3) is 5.91 Å². The number of morpholine rings is 1. The Morgan fingerprint density at radius 3 is 2.48 bits per heavy atom. The number of nitrogens with one attached hydrogen (secondary N) is 1. The number of hydrogen-bond donors (Lipinski definition) is 1. The molecule has 1 aromatic rings. The highest BCUT2D eigenvalue weighted by atomic mass is 16.5. The molecule has 3 amide bonds. The first-order valence-electron chi connectivity index (χ1n) is 9.00. The van der Waals surface area contributed by atoms with Crippen LogP contribution in [0.5, 0.6) is 0 Å². The van der Waals surface area contributed by atoms with Crippen molar-refractivity contribution in [2.24, 2.45) is 0 Å². The molecule has 0 bridgehead atoms. The van der Waals surface area contributed by atoms with Gasteiger partial charge in [0, 0.05) is 25.3 Å². The number of carbonyl (C=O) groups excluding carboxylic acids is 2. The fourth-order valence-corrected chi connectivity index (χ4v) is 2.86. The largest absolute Gasteiger partial charge is 0.365 e. The standard InChI is InChI=1S/C19H29N3O3/c1-5-21(6-2)19(24)20-11-17-12-22(18(23)13-25-17)16-9-7-15(8-10-16)14(3)4/h7-10,14,17H,5-6,11-13H2,1-4H3,(H,20,24). The molecule has 0 spiro atoms. The van der Waals surface area contributed by atoms with Crippen molar-refractivity contribution in [3.63, 3.8) is 0 Å². The average Bonchev–Trinajstić information content (AvgIpc) is 2.62. The van der Waals surface area contributed by atoms with Gasteiger partial charge < -0.3 is 19.9 Å². The van der Waals surface area contributed by atoms with E-state index in [0.29, 0.717) is 32.1 Å². The van der Waals surface area contributed by atoms with Gasteiger partial charge in [0.15, 0.2) is 0 Å². The number of carbonyl (C=O) groups is 2. The van der Waals surface area contributed by atoms with Crippen molar-refractivity contribution < 1.29 is 14.3 Å². The summed E-state index contributed by atoms with van der Waals surface area (Å²) in [7, 11) is 0. The number of rotatable bonds is 6. The predicted molar refractivity (Wildman–Crippen MR) is 98.9 cm³/mol. The van der Waals surface area contributed by atoms with Gasteiger partial charge in [-0.2, -0.15) is 0 Å². The number of ether oxygens (including phenoxy) is 1. The summed E-state index contributed by atoms with van der Waals surface area (Å²) >= 11 is 0. The molecule has 1 fully saturated rings. The SMILES string of the molecule is CCN(CC)C(=O)NCC1CN(c2ccc(C(C)C)cc2)C(=O)CO1. The summed E-state index contributed by atoms with van der Waals surface area (Å²) in [5.41, 5.74) is 2.12. The maximum atomic E-state index is 12.2. The molecule has 6 heteroatoms. The minimum absolute atomic E-state index is 0.0394. The van der Waals surface area contributed by atoms with Gasteiger partial charge >= 0.3 is 6.03 Å². The predicted octanol–water partition coefficient (Wildman–Crippen LogP) is 2.59. The first kappa shape index (κ1) is 19.2. The second kappa shape index (κ2) is 8.85. The zero-order valence-electron chi connectivity index (χ0n) is 15.6. The van der Waals surface area contributed by atoms with E-state index in [4.69, 9.17) is 4.74 Å². The third kappa shape index (κ3) is 4.95. The summed E-state index contributed by atoms with van der Waals surface area (Å²) in [5, 5.41) is 2.89. The lowest BCUT2D eigenvalue weighted by atomic mass is 10.0. The van der Waals surface area contributed by atoms with Gasteiger partial charge in [-0.3, -0.25) is 4.79 Å². The Kier molecular flexibility index (Phi) is 6.82. The lowest BCUT2D eigenvalue weighted by molar-refractivity contribution is -0.129. The lowest BCUT2D eigenvalue weighted by Gasteiger charge is -2.33. The van der Waals surface area contributed by atoms with E-state index in [0.717, 1.165) is 5.69 Å². The molecule has 1 N–H and O–H groups in total. The van der Waals surface area contributed by atoms with Crippen molar-refractivity contribution in [3.05, 3.63) is 29.8 Å². The van der Waals surface area contributed by atoms with Crippen molar-refractivity contribution >= 4 is 17.6 Å². The summed E-state index contributed by atoms with van der Waals surface area (Å²) < 4.78 is 5.58. The highest BCUT2D eigenvalue weighted by Crippen LogP contribution is 2.22. The van der Waals surface area contributed by atoms with Crippen LogP contribution in [-0.4, -0.2) is 55.7 Å². The number of benzene rings is 1. The fourth-order valence-electron chi connectivity index (χ4n) is 2.86.